The molecule has 1 aliphatic heterocycles. The van der Waals surface area contributed by atoms with Crippen LogP contribution in [0.5, 0.6) is 0 Å². The van der Waals surface area contributed by atoms with Crippen molar-refractivity contribution < 1.29 is 47.7 Å². The third-order valence-electron chi connectivity index (χ3n) is 5.32. The minimum atomic E-state index is -1.07. The Balaban J connectivity index is 2.07. The van der Waals surface area contributed by atoms with Crippen molar-refractivity contribution in [3.8, 4) is 0 Å². The number of rotatable bonds is 12. The van der Waals surface area contributed by atoms with Crippen LogP contribution in [0, 0.1) is 5.92 Å². The van der Waals surface area contributed by atoms with E-state index in [1.165, 1.54) is 26.0 Å². The fourth-order valence-electron chi connectivity index (χ4n) is 3.29. The standard InChI is InChI=1S/C28H34O10S2/c1-17(2)24(29)34-8-10-36-27(32)22-7-6-20(26(31)38-21-15-39-13-19(5)14-40-16-21)12-23(22)28(33)37-11-9-35-25(30)18(3)4/h6,12,21-22H,1,3,5,7-11,13-16H2,2,4H3. The van der Waals surface area contributed by atoms with Crippen molar-refractivity contribution in [2.24, 2.45) is 5.92 Å². The molecule has 2 aliphatic rings. The molecule has 12 heteroatoms. The van der Waals surface area contributed by atoms with E-state index >= 15 is 0 Å². The number of esters is 5. The largest absolute Gasteiger partial charge is 0.462 e. The zero-order valence-electron chi connectivity index (χ0n) is 22.7. The number of hydrogen-bond donors (Lipinski definition) is 0. The lowest BCUT2D eigenvalue weighted by Crippen LogP contribution is -2.30. The van der Waals surface area contributed by atoms with E-state index in [0.717, 1.165) is 17.1 Å². The topological polar surface area (TPSA) is 132 Å². The van der Waals surface area contributed by atoms with E-state index in [1.54, 1.807) is 23.5 Å². The molecule has 1 heterocycles. The van der Waals surface area contributed by atoms with Crippen molar-refractivity contribution in [2.45, 2.75) is 26.4 Å². The second-order valence-corrected chi connectivity index (χ2v) is 11.1. The minimum Gasteiger partial charge on any atom is -0.462 e. The summed E-state index contributed by atoms with van der Waals surface area (Å²) in [5.74, 6) is -1.80. The van der Waals surface area contributed by atoms with E-state index in [4.69, 9.17) is 23.7 Å². The van der Waals surface area contributed by atoms with Gasteiger partial charge < -0.3 is 23.7 Å². The first kappa shape index (κ1) is 33.0. The lowest BCUT2D eigenvalue weighted by atomic mass is 9.88. The minimum absolute atomic E-state index is 0.0195. The molecule has 0 amide bonds. The Morgan fingerprint density at radius 2 is 1.35 bits per heavy atom. The molecule has 10 nitrogen and oxygen atoms in total. The quantitative estimate of drug-likeness (QED) is 0.108. The van der Waals surface area contributed by atoms with Gasteiger partial charge in [0.15, 0.2) is 0 Å². The smallest absolute Gasteiger partial charge is 0.338 e. The maximum atomic E-state index is 12.9. The number of thioether (sulfide) groups is 2. The SMILES string of the molecule is C=C1CSCC(OC(=O)C2=CCC(C(=O)OCCOC(=O)C(=C)C)C(C(=O)OCCOC(=O)C(=C)C)=C2)CSC1. The fourth-order valence-corrected chi connectivity index (χ4v) is 5.48. The van der Waals surface area contributed by atoms with Crippen molar-refractivity contribution in [2.75, 3.05) is 49.4 Å². The van der Waals surface area contributed by atoms with E-state index in [1.807, 2.05) is 0 Å². The lowest BCUT2D eigenvalue weighted by Gasteiger charge is -2.23. The van der Waals surface area contributed by atoms with Crippen LogP contribution in [0.2, 0.25) is 0 Å². The van der Waals surface area contributed by atoms with E-state index < -0.39 is 35.8 Å². The van der Waals surface area contributed by atoms with Crippen LogP contribution in [-0.2, 0) is 47.7 Å². The zero-order valence-corrected chi connectivity index (χ0v) is 24.3. The number of carbonyl (C=O) groups excluding carboxylic acids is 5. The first-order valence-corrected chi connectivity index (χ1v) is 14.7. The molecule has 1 aliphatic carbocycles. The van der Waals surface area contributed by atoms with Gasteiger partial charge in [0.05, 0.1) is 17.1 Å². The maximum Gasteiger partial charge on any atom is 0.338 e. The summed E-state index contributed by atoms with van der Waals surface area (Å²) in [7, 11) is 0. The van der Waals surface area contributed by atoms with Gasteiger partial charge in [-0.05, 0) is 26.3 Å². The predicted molar refractivity (Wildman–Crippen MR) is 151 cm³/mol. The molecule has 0 saturated carbocycles. The van der Waals surface area contributed by atoms with Crippen molar-refractivity contribution >= 4 is 53.4 Å². The summed E-state index contributed by atoms with van der Waals surface area (Å²) in [6, 6.07) is 0. The summed E-state index contributed by atoms with van der Waals surface area (Å²) in [5.41, 5.74) is 1.52. The Morgan fingerprint density at radius 3 is 1.90 bits per heavy atom. The Morgan fingerprint density at radius 1 is 0.825 bits per heavy atom. The van der Waals surface area contributed by atoms with E-state index in [0.29, 0.717) is 11.5 Å². The molecule has 218 valence electrons. The van der Waals surface area contributed by atoms with Gasteiger partial charge in [-0.25, -0.2) is 19.2 Å². The number of hydrogen-bond acceptors (Lipinski definition) is 12. The Bertz CT molecular complexity index is 1090. The molecule has 0 radical (unpaired) electrons. The van der Waals surface area contributed by atoms with Gasteiger partial charge in [0.2, 0.25) is 0 Å². The highest BCUT2D eigenvalue weighted by Gasteiger charge is 2.34. The molecule has 0 aromatic carbocycles. The van der Waals surface area contributed by atoms with Crippen LogP contribution in [0.3, 0.4) is 0 Å². The fraction of sp³-hybridized carbons (Fsp3) is 0.464. The molecule has 0 bridgehead atoms. The zero-order chi connectivity index (χ0) is 29.7. The van der Waals surface area contributed by atoms with Gasteiger partial charge in [-0.15, -0.1) is 0 Å². The van der Waals surface area contributed by atoms with Gasteiger partial charge in [-0.2, -0.15) is 23.5 Å². The third kappa shape index (κ3) is 11.1. The van der Waals surface area contributed by atoms with Crippen LogP contribution in [0.25, 0.3) is 0 Å². The Kier molecular flexibility index (Phi) is 13.8. The highest BCUT2D eigenvalue weighted by atomic mass is 32.2. The normalized spacial score (nSPS) is 17.6. The molecule has 1 saturated heterocycles. The van der Waals surface area contributed by atoms with E-state index in [2.05, 4.69) is 19.7 Å². The van der Waals surface area contributed by atoms with Crippen molar-refractivity contribution in [1.29, 1.82) is 0 Å². The molecule has 0 N–H and O–H groups in total. The van der Waals surface area contributed by atoms with Crippen LogP contribution in [0.1, 0.15) is 20.3 Å². The summed E-state index contributed by atoms with van der Waals surface area (Å²) in [6.07, 6.45) is 2.42. The first-order chi connectivity index (χ1) is 19.0. The number of carbonyl (C=O) groups is 5. The second-order valence-electron chi connectivity index (χ2n) is 8.99. The number of ether oxygens (including phenoxy) is 5. The molecule has 0 aromatic rings. The van der Waals surface area contributed by atoms with Crippen LogP contribution < -0.4 is 0 Å². The van der Waals surface area contributed by atoms with Gasteiger partial charge in [-0.1, -0.05) is 31.4 Å². The molecule has 2 rings (SSSR count). The van der Waals surface area contributed by atoms with Crippen LogP contribution >= 0.6 is 23.5 Å². The monoisotopic (exact) mass is 594 g/mol. The number of allylic oxidation sites excluding steroid dienone is 1. The summed E-state index contributed by atoms with van der Waals surface area (Å²) >= 11 is 3.27. The van der Waals surface area contributed by atoms with Gasteiger partial charge in [-0.3, -0.25) is 4.79 Å². The van der Waals surface area contributed by atoms with Gasteiger partial charge in [0, 0.05) is 34.2 Å². The Hall–Kier alpha value is -3.25. The Labute approximate surface area is 242 Å². The summed E-state index contributed by atoms with van der Waals surface area (Å²) in [4.78, 5) is 61.7. The molecule has 1 unspecified atom stereocenters. The lowest BCUT2D eigenvalue weighted by molar-refractivity contribution is -0.154. The molecule has 1 atom stereocenters. The van der Waals surface area contributed by atoms with Crippen LogP contribution in [-0.4, -0.2) is 85.4 Å². The second kappa shape index (κ2) is 16.8. The molecular weight excluding hydrogens is 560 g/mol. The molecule has 0 aromatic heterocycles. The van der Waals surface area contributed by atoms with Gasteiger partial charge in [0.1, 0.15) is 32.5 Å². The molecule has 40 heavy (non-hydrogen) atoms. The van der Waals surface area contributed by atoms with Crippen LogP contribution in [0.15, 0.2) is 59.8 Å². The van der Waals surface area contributed by atoms with Gasteiger partial charge >= 0.3 is 29.8 Å². The molecular formula is C28H34O10S2. The van der Waals surface area contributed by atoms with E-state index in [-0.39, 0.29) is 61.2 Å². The van der Waals surface area contributed by atoms with Crippen LogP contribution in [0.4, 0.5) is 0 Å². The summed E-state index contributed by atoms with van der Waals surface area (Å²) < 4.78 is 25.9. The first-order valence-electron chi connectivity index (χ1n) is 12.4. The van der Waals surface area contributed by atoms with Crippen molar-refractivity contribution in [3.63, 3.8) is 0 Å². The molecule has 0 spiro atoms. The third-order valence-corrected chi connectivity index (χ3v) is 7.76. The summed E-state index contributed by atoms with van der Waals surface area (Å²) in [5, 5.41) is 0. The maximum absolute atomic E-state index is 12.9. The van der Waals surface area contributed by atoms with Crippen molar-refractivity contribution in [3.05, 3.63) is 59.8 Å². The average Bonchev–Trinajstić information content (AvgIpc) is 2.90. The average molecular weight is 595 g/mol. The van der Waals surface area contributed by atoms with Crippen molar-refractivity contribution in [1.82, 2.24) is 0 Å². The van der Waals surface area contributed by atoms with E-state index in [9.17, 15) is 24.0 Å². The summed E-state index contributed by atoms with van der Waals surface area (Å²) in [6.45, 7) is 13.0. The predicted octanol–water partition coefficient (Wildman–Crippen LogP) is 3.13. The highest BCUT2D eigenvalue weighted by molar-refractivity contribution is 8.01. The highest BCUT2D eigenvalue weighted by Crippen LogP contribution is 2.28. The molecule has 1 fully saturated rings. The van der Waals surface area contributed by atoms with Gasteiger partial charge in [0.25, 0.3) is 0 Å².